The molecule has 16 heteroatoms. The fraction of sp³-hybridized carbons (Fsp3) is 0.739. The molecule has 0 amide bonds. The second-order valence-corrected chi connectivity index (χ2v) is 13.2. The number of aromatic nitrogens is 2. The Morgan fingerprint density at radius 2 is 1.62 bits per heavy atom. The molecule has 3 atom stereocenters. The zero-order chi connectivity index (χ0) is 30.2. The molecule has 0 spiro atoms. The Balaban J connectivity index is 3.14. The summed E-state index contributed by atoms with van der Waals surface area (Å²) >= 11 is 6.05. The molecule has 0 aromatic carbocycles. The third-order valence-electron chi connectivity index (χ3n) is 5.46. The maximum absolute atomic E-state index is 15.3. The van der Waals surface area contributed by atoms with Gasteiger partial charge in [0.05, 0.1) is 22.9 Å². The first kappa shape index (κ1) is 34.9. The van der Waals surface area contributed by atoms with E-state index >= 15 is 4.39 Å². The largest absolute Gasteiger partial charge is 0.438 e. The van der Waals surface area contributed by atoms with E-state index in [4.69, 9.17) is 40.6 Å². The number of aliphatic hydroxyl groups excluding tert-OH is 1. The first-order chi connectivity index (χ1) is 17.8. The van der Waals surface area contributed by atoms with Gasteiger partial charge in [0.25, 0.3) is 0 Å². The van der Waals surface area contributed by atoms with Gasteiger partial charge in [0.1, 0.15) is 17.5 Å². The summed E-state index contributed by atoms with van der Waals surface area (Å²) in [7, 11) is -3.11. The predicted octanol–water partition coefficient (Wildman–Crippen LogP) is 2.99. The van der Waals surface area contributed by atoms with Crippen molar-refractivity contribution in [3.63, 3.8) is 0 Å². The molecule has 0 aliphatic heterocycles. The zero-order valence-corrected chi connectivity index (χ0v) is 24.8. The van der Waals surface area contributed by atoms with Crippen LogP contribution in [0.4, 0.5) is 10.2 Å². The van der Waals surface area contributed by atoms with Gasteiger partial charge in [0.2, 0.25) is 19.9 Å². The van der Waals surface area contributed by atoms with Crippen molar-refractivity contribution in [3.8, 4) is 0 Å². The van der Waals surface area contributed by atoms with E-state index in [0.717, 1.165) is 19.4 Å². The lowest BCUT2D eigenvalue weighted by atomic mass is 9.94. The van der Waals surface area contributed by atoms with Crippen molar-refractivity contribution < 1.29 is 46.9 Å². The molecule has 39 heavy (non-hydrogen) atoms. The molecule has 13 nitrogen and oxygen atoms in total. The van der Waals surface area contributed by atoms with Gasteiger partial charge in [0.15, 0.2) is 0 Å². The molecule has 0 unspecified atom stereocenters. The van der Waals surface area contributed by atoms with Gasteiger partial charge < -0.3 is 25.1 Å². The Kier molecular flexibility index (Phi) is 12.5. The molecule has 1 rings (SSSR count). The van der Waals surface area contributed by atoms with E-state index in [0.29, 0.717) is 4.57 Å². The van der Waals surface area contributed by atoms with Gasteiger partial charge in [-0.3, -0.25) is 27.8 Å². The number of nitrogen functional groups attached to an aromatic ring is 1. The summed E-state index contributed by atoms with van der Waals surface area (Å²) in [5, 5.41) is 10.8. The number of methoxy groups -OCH3 is 1. The smallest absolute Gasteiger partial charge is 0.351 e. The summed E-state index contributed by atoms with van der Waals surface area (Å²) < 4.78 is 55.1. The molecule has 0 saturated heterocycles. The Labute approximate surface area is 231 Å². The standard InChI is InChI=1S/C23H38ClFN3O10P/c1-21(2,3)18(30)35-13-37-39(33,38-14-36-19(31)22(4,5)6)11-9-23(12-24,34-7)16(29)17(25)28-10-8-15(26)27-20(28)32/h8,10,16-17,29H,9,11-14H2,1-7H3,(H2,26,27,32)/t16-,17-,23-/m0/s1. The number of rotatable bonds is 14. The van der Waals surface area contributed by atoms with Crippen LogP contribution in [0.25, 0.3) is 0 Å². The molecule has 0 bridgehead atoms. The number of nitrogens with zero attached hydrogens (tertiary/aromatic N) is 2. The van der Waals surface area contributed by atoms with Crippen molar-refractivity contribution in [1.82, 2.24) is 9.55 Å². The summed E-state index contributed by atoms with van der Waals surface area (Å²) in [6.07, 6.45) is -4.42. The van der Waals surface area contributed by atoms with E-state index in [1.54, 1.807) is 41.5 Å². The summed E-state index contributed by atoms with van der Waals surface area (Å²) in [5.41, 5.74) is 0.689. The van der Waals surface area contributed by atoms with E-state index in [-0.39, 0.29) is 5.82 Å². The quantitative estimate of drug-likeness (QED) is 0.138. The second-order valence-electron chi connectivity index (χ2n) is 10.7. The average Bonchev–Trinajstić information content (AvgIpc) is 2.83. The number of halogens is 2. The van der Waals surface area contributed by atoms with E-state index in [1.165, 1.54) is 0 Å². The number of carbonyl (C=O) groups excluding carboxylic acids is 2. The molecule has 0 saturated carbocycles. The van der Waals surface area contributed by atoms with E-state index < -0.39 is 86.1 Å². The first-order valence-electron chi connectivity index (χ1n) is 11.8. The maximum atomic E-state index is 15.3. The normalized spacial score (nSPS) is 15.7. The van der Waals surface area contributed by atoms with Gasteiger partial charge >= 0.3 is 25.2 Å². The van der Waals surface area contributed by atoms with E-state index in [1.807, 2.05) is 0 Å². The molecule has 0 aliphatic carbocycles. The van der Waals surface area contributed by atoms with Gasteiger partial charge in [-0.25, -0.2) is 9.18 Å². The highest BCUT2D eigenvalue weighted by molar-refractivity contribution is 7.53. The highest BCUT2D eigenvalue weighted by atomic mass is 35.5. The predicted molar refractivity (Wildman–Crippen MR) is 140 cm³/mol. The maximum Gasteiger partial charge on any atom is 0.351 e. The number of nitrogens with two attached hydrogens (primary N) is 1. The Bertz CT molecular complexity index is 1050. The van der Waals surface area contributed by atoms with Crippen molar-refractivity contribution in [3.05, 3.63) is 22.7 Å². The van der Waals surface area contributed by atoms with Crippen LogP contribution in [-0.4, -0.2) is 71.0 Å². The zero-order valence-electron chi connectivity index (χ0n) is 23.1. The fourth-order valence-corrected chi connectivity index (χ4v) is 4.65. The van der Waals surface area contributed by atoms with Crippen LogP contribution >= 0.6 is 19.2 Å². The van der Waals surface area contributed by atoms with Crippen molar-refractivity contribution in [1.29, 1.82) is 0 Å². The monoisotopic (exact) mass is 601 g/mol. The molecule has 0 fully saturated rings. The number of anilines is 1. The number of hydrogen-bond acceptors (Lipinski definition) is 12. The summed E-state index contributed by atoms with van der Waals surface area (Å²) in [4.78, 5) is 39.6. The number of ether oxygens (including phenoxy) is 3. The average molecular weight is 602 g/mol. The highest BCUT2D eigenvalue weighted by Crippen LogP contribution is 2.50. The second kappa shape index (κ2) is 14.0. The topological polar surface area (TPSA) is 178 Å². The number of esters is 2. The van der Waals surface area contributed by atoms with Gasteiger partial charge in [-0.2, -0.15) is 4.98 Å². The lowest BCUT2D eigenvalue weighted by Crippen LogP contribution is -2.51. The molecule has 0 aliphatic rings. The van der Waals surface area contributed by atoms with Crippen LogP contribution in [0.2, 0.25) is 0 Å². The van der Waals surface area contributed by atoms with Crippen molar-refractivity contribution >= 4 is 37.0 Å². The summed E-state index contributed by atoms with van der Waals surface area (Å²) in [6.45, 7) is 8.04. The number of carbonyl (C=O) groups is 2. The molecule has 1 heterocycles. The van der Waals surface area contributed by atoms with Crippen molar-refractivity contribution in [2.45, 2.75) is 66.0 Å². The highest BCUT2D eigenvalue weighted by Gasteiger charge is 2.45. The lowest BCUT2D eigenvalue weighted by molar-refractivity contribution is -0.162. The van der Waals surface area contributed by atoms with Crippen LogP contribution in [0.3, 0.4) is 0 Å². The molecule has 1 aromatic heterocycles. The molecular formula is C23H38ClFN3O10P. The Morgan fingerprint density at radius 1 is 1.13 bits per heavy atom. The van der Waals surface area contributed by atoms with Gasteiger partial charge in [-0.05, 0) is 54.0 Å². The number of alkyl halides is 2. The van der Waals surface area contributed by atoms with Crippen LogP contribution in [-0.2, 0) is 37.4 Å². The van der Waals surface area contributed by atoms with E-state index in [2.05, 4.69) is 4.98 Å². The van der Waals surface area contributed by atoms with Gasteiger partial charge in [0, 0.05) is 13.3 Å². The van der Waals surface area contributed by atoms with E-state index in [9.17, 15) is 24.1 Å². The van der Waals surface area contributed by atoms with Gasteiger partial charge in [-0.15, -0.1) is 11.6 Å². The summed E-state index contributed by atoms with van der Waals surface area (Å²) in [5.74, 6) is -1.97. The van der Waals surface area contributed by atoms with Crippen LogP contribution in [0, 0.1) is 10.8 Å². The van der Waals surface area contributed by atoms with Crippen molar-refractivity contribution in [2.75, 3.05) is 38.5 Å². The third kappa shape index (κ3) is 10.1. The number of hydrogen-bond donors (Lipinski definition) is 2. The minimum absolute atomic E-state index is 0.150. The lowest BCUT2D eigenvalue weighted by Gasteiger charge is -2.37. The Morgan fingerprint density at radius 3 is 2.00 bits per heavy atom. The third-order valence-corrected chi connectivity index (χ3v) is 7.68. The summed E-state index contributed by atoms with van der Waals surface area (Å²) in [6, 6.07) is 1.16. The van der Waals surface area contributed by atoms with Crippen LogP contribution in [0.15, 0.2) is 17.1 Å². The minimum Gasteiger partial charge on any atom is -0.438 e. The van der Waals surface area contributed by atoms with Crippen molar-refractivity contribution in [2.24, 2.45) is 10.8 Å². The first-order valence-corrected chi connectivity index (χ1v) is 14.1. The molecule has 0 radical (unpaired) electrons. The minimum atomic E-state index is -4.24. The molecule has 224 valence electrons. The van der Waals surface area contributed by atoms with Crippen LogP contribution < -0.4 is 11.4 Å². The Hall–Kier alpha value is -2.09. The molecule has 3 N–H and O–H groups in total. The fourth-order valence-electron chi connectivity index (χ4n) is 2.83. The van der Waals surface area contributed by atoms with Crippen LogP contribution in [0.5, 0.6) is 0 Å². The molecular weight excluding hydrogens is 564 g/mol. The molecule has 1 aromatic rings. The van der Waals surface area contributed by atoms with Crippen LogP contribution in [0.1, 0.15) is 54.3 Å². The SMILES string of the molecule is CO[C@](CCl)(CCP(=O)(OCOC(=O)C(C)(C)C)OCOC(=O)C(C)(C)C)[C@@H](O)[C@@H](F)n1ccc(N)nc1=O. The number of aliphatic hydroxyl groups is 1. The van der Waals surface area contributed by atoms with Gasteiger partial charge in [-0.1, -0.05) is 0 Å².